The van der Waals surface area contributed by atoms with E-state index in [1.807, 2.05) is 27.7 Å². The Bertz CT molecular complexity index is 607. The first kappa shape index (κ1) is 21.7. The molecule has 6 nitrogen and oxygen atoms in total. The third-order valence-electron chi connectivity index (χ3n) is 3.28. The maximum Gasteiger partial charge on any atom is 0.387 e. The first-order valence-electron chi connectivity index (χ1n) is 8.67. The summed E-state index contributed by atoms with van der Waals surface area (Å²) in [5.41, 5.74) is 1.50. The van der Waals surface area contributed by atoms with Gasteiger partial charge in [-0.3, -0.25) is 4.79 Å². The Morgan fingerprint density at radius 2 is 2.00 bits per heavy atom. The molecule has 0 radical (unpaired) electrons. The van der Waals surface area contributed by atoms with E-state index in [1.165, 1.54) is 6.07 Å². The summed E-state index contributed by atoms with van der Waals surface area (Å²) >= 11 is 0. The molecule has 8 heteroatoms. The number of aryl methyl sites for hydroxylation is 1. The molecule has 0 saturated heterocycles. The van der Waals surface area contributed by atoms with Crippen LogP contribution >= 0.6 is 0 Å². The number of rotatable bonds is 9. The Morgan fingerprint density at radius 1 is 1.27 bits per heavy atom. The highest BCUT2D eigenvalue weighted by Gasteiger charge is 2.10. The van der Waals surface area contributed by atoms with Crippen LogP contribution in [0.1, 0.15) is 38.3 Å². The lowest BCUT2D eigenvalue weighted by Crippen LogP contribution is -2.40. The van der Waals surface area contributed by atoms with Crippen molar-refractivity contribution < 1.29 is 18.3 Å². The van der Waals surface area contributed by atoms with Gasteiger partial charge in [0, 0.05) is 31.1 Å². The van der Waals surface area contributed by atoms with Crippen LogP contribution in [0.25, 0.3) is 0 Å². The van der Waals surface area contributed by atoms with Gasteiger partial charge < -0.3 is 20.7 Å². The molecule has 1 aromatic carbocycles. The van der Waals surface area contributed by atoms with E-state index in [1.54, 1.807) is 12.1 Å². The second-order valence-electron chi connectivity index (χ2n) is 6.08. The van der Waals surface area contributed by atoms with Crippen LogP contribution in [0.3, 0.4) is 0 Å². The van der Waals surface area contributed by atoms with Crippen LogP contribution in [0, 0.1) is 6.92 Å². The number of nitrogens with one attached hydrogen (secondary N) is 3. The second kappa shape index (κ2) is 11.3. The van der Waals surface area contributed by atoms with Crippen molar-refractivity contribution >= 4 is 11.9 Å². The molecule has 0 aromatic heterocycles. The number of halogens is 2. The maximum absolute atomic E-state index is 12.5. The monoisotopic (exact) mass is 370 g/mol. The highest BCUT2D eigenvalue weighted by atomic mass is 19.3. The first-order chi connectivity index (χ1) is 12.3. The summed E-state index contributed by atoms with van der Waals surface area (Å²) in [6.45, 7) is 5.94. The van der Waals surface area contributed by atoms with Crippen LogP contribution in [0.5, 0.6) is 5.75 Å². The fraction of sp³-hybridized carbons (Fsp3) is 0.556. The van der Waals surface area contributed by atoms with Gasteiger partial charge in [-0.1, -0.05) is 17.7 Å². The average Bonchev–Trinajstić information content (AvgIpc) is 2.53. The minimum Gasteiger partial charge on any atom is -0.434 e. The number of ether oxygens (including phenoxy) is 1. The zero-order valence-electron chi connectivity index (χ0n) is 15.7. The van der Waals surface area contributed by atoms with E-state index < -0.39 is 6.61 Å². The number of hydrogen-bond acceptors (Lipinski definition) is 3. The quantitative estimate of drug-likeness (QED) is 0.461. The molecule has 0 atom stereocenters. The minimum absolute atomic E-state index is 0.0466. The summed E-state index contributed by atoms with van der Waals surface area (Å²) < 4.78 is 29.6. The summed E-state index contributed by atoms with van der Waals surface area (Å²) in [7, 11) is 0. The number of carbonyl (C=O) groups excluding carboxylic acids is 1. The molecule has 0 aliphatic rings. The minimum atomic E-state index is -2.88. The number of alkyl halides is 2. The van der Waals surface area contributed by atoms with Crippen molar-refractivity contribution in [1.82, 2.24) is 16.0 Å². The van der Waals surface area contributed by atoms with E-state index in [0.717, 1.165) is 5.56 Å². The molecule has 3 N–H and O–H groups in total. The van der Waals surface area contributed by atoms with Gasteiger partial charge in [0.25, 0.3) is 0 Å². The third-order valence-corrected chi connectivity index (χ3v) is 3.28. The lowest BCUT2D eigenvalue weighted by atomic mass is 10.1. The molecular formula is C18H28F2N4O2. The standard InChI is InChI=1S/C18H28F2N4O2/c1-5-21-18(22-9-8-16(25)24-12(2)3)23-11-14-10-13(4)6-7-15(14)26-17(19)20/h6-7,10,12,17H,5,8-9,11H2,1-4H3,(H,24,25)(H2,21,22,23). The van der Waals surface area contributed by atoms with Gasteiger partial charge in [0.15, 0.2) is 5.96 Å². The smallest absolute Gasteiger partial charge is 0.387 e. The molecule has 0 fully saturated rings. The number of guanidine groups is 1. The largest absolute Gasteiger partial charge is 0.434 e. The molecule has 146 valence electrons. The van der Waals surface area contributed by atoms with E-state index in [9.17, 15) is 13.6 Å². The molecular weight excluding hydrogens is 342 g/mol. The normalized spacial score (nSPS) is 11.6. The van der Waals surface area contributed by atoms with Gasteiger partial charge >= 0.3 is 6.61 Å². The number of carbonyl (C=O) groups is 1. The van der Waals surface area contributed by atoms with Gasteiger partial charge in [0.2, 0.25) is 5.91 Å². The fourth-order valence-corrected chi connectivity index (χ4v) is 2.24. The van der Waals surface area contributed by atoms with Gasteiger partial charge in [-0.15, -0.1) is 0 Å². The zero-order valence-corrected chi connectivity index (χ0v) is 15.7. The predicted octanol–water partition coefficient (Wildman–Crippen LogP) is 2.57. The summed E-state index contributed by atoms with van der Waals surface area (Å²) in [6.07, 6.45) is 0.312. The molecule has 0 spiro atoms. The molecule has 1 amide bonds. The van der Waals surface area contributed by atoms with Crippen LogP contribution in [-0.2, 0) is 11.3 Å². The topological polar surface area (TPSA) is 74.8 Å². The Morgan fingerprint density at radius 3 is 2.62 bits per heavy atom. The number of benzene rings is 1. The molecule has 0 aliphatic heterocycles. The van der Waals surface area contributed by atoms with Gasteiger partial charge in [-0.05, 0) is 33.8 Å². The van der Waals surface area contributed by atoms with E-state index in [2.05, 4.69) is 25.7 Å². The maximum atomic E-state index is 12.5. The van der Waals surface area contributed by atoms with Crippen molar-refractivity contribution in [3.05, 3.63) is 29.3 Å². The predicted molar refractivity (Wildman–Crippen MR) is 98.5 cm³/mol. The molecule has 0 unspecified atom stereocenters. The highest BCUT2D eigenvalue weighted by Crippen LogP contribution is 2.22. The van der Waals surface area contributed by atoms with Crippen LogP contribution in [0.15, 0.2) is 23.2 Å². The molecule has 0 aliphatic carbocycles. The number of aliphatic imine (C=N–C) groups is 1. The molecule has 1 rings (SSSR count). The van der Waals surface area contributed by atoms with Crippen LogP contribution < -0.4 is 20.7 Å². The average molecular weight is 370 g/mol. The van der Waals surface area contributed by atoms with Gasteiger partial charge in [-0.2, -0.15) is 8.78 Å². The van der Waals surface area contributed by atoms with Gasteiger partial charge in [-0.25, -0.2) is 4.99 Å². The Kier molecular flexibility index (Phi) is 9.40. The van der Waals surface area contributed by atoms with E-state index in [0.29, 0.717) is 31.0 Å². The van der Waals surface area contributed by atoms with E-state index in [-0.39, 0.29) is 24.2 Å². The van der Waals surface area contributed by atoms with Crippen molar-refractivity contribution in [2.24, 2.45) is 4.99 Å². The fourth-order valence-electron chi connectivity index (χ4n) is 2.24. The SMILES string of the molecule is CCNC(=NCc1cc(C)ccc1OC(F)F)NCCC(=O)NC(C)C. The second-order valence-corrected chi connectivity index (χ2v) is 6.08. The van der Waals surface area contributed by atoms with Crippen molar-refractivity contribution in [2.75, 3.05) is 13.1 Å². The Labute approximate surface area is 153 Å². The van der Waals surface area contributed by atoms with Gasteiger partial charge in [0.05, 0.1) is 6.54 Å². The Hall–Kier alpha value is -2.38. The van der Waals surface area contributed by atoms with Crippen molar-refractivity contribution in [1.29, 1.82) is 0 Å². The summed E-state index contributed by atoms with van der Waals surface area (Å²) in [6, 6.07) is 5.09. The molecule has 26 heavy (non-hydrogen) atoms. The summed E-state index contributed by atoms with van der Waals surface area (Å²) in [4.78, 5) is 16.0. The molecule has 0 bridgehead atoms. The van der Waals surface area contributed by atoms with Crippen LogP contribution in [0.2, 0.25) is 0 Å². The van der Waals surface area contributed by atoms with Crippen LogP contribution in [0.4, 0.5) is 8.78 Å². The van der Waals surface area contributed by atoms with E-state index >= 15 is 0 Å². The van der Waals surface area contributed by atoms with Gasteiger partial charge in [0.1, 0.15) is 5.75 Å². The first-order valence-corrected chi connectivity index (χ1v) is 8.67. The highest BCUT2D eigenvalue weighted by molar-refractivity contribution is 5.81. The lowest BCUT2D eigenvalue weighted by molar-refractivity contribution is -0.121. The van der Waals surface area contributed by atoms with Crippen molar-refractivity contribution in [3.63, 3.8) is 0 Å². The molecule has 0 heterocycles. The number of nitrogens with zero attached hydrogens (tertiary/aromatic N) is 1. The van der Waals surface area contributed by atoms with Crippen molar-refractivity contribution in [3.8, 4) is 5.75 Å². The molecule has 0 saturated carbocycles. The summed E-state index contributed by atoms with van der Waals surface area (Å²) in [5, 5.41) is 8.93. The summed E-state index contributed by atoms with van der Waals surface area (Å²) in [5.74, 6) is 0.575. The lowest BCUT2D eigenvalue weighted by Gasteiger charge is -2.14. The molecule has 1 aromatic rings. The van der Waals surface area contributed by atoms with E-state index in [4.69, 9.17) is 0 Å². The zero-order chi connectivity index (χ0) is 19.5. The van der Waals surface area contributed by atoms with Crippen molar-refractivity contribution in [2.45, 2.75) is 53.3 Å². The Balaban J connectivity index is 2.71. The third kappa shape index (κ3) is 8.64. The number of amides is 1. The number of hydrogen-bond donors (Lipinski definition) is 3. The van der Waals surface area contributed by atoms with Crippen LogP contribution in [-0.4, -0.2) is 37.6 Å².